The van der Waals surface area contributed by atoms with Crippen LogP contribution in [0.2, 0.25) is 0 Å². The lowest BCUT2D eigenvalue weighted by Crippen LogP contribution is -2.51. The lowest BCUT2D eigenvalue weighted by molar-refractivity contribution is -0.142. The zero-order valence-electron chi connectivity index (χ0n) is 19.1. The first-order valence-electron chi connectivity index (χ1n) is 10.8. The molecule has 0 radical (unpaired) electrons. The van der Waals surface area contributed by atoms with Gasteiger partial charge in [0.1, 0.15) is 23.9 Å². The largest absolute Gasteiger partial charge is 0.481 e. The van der Waals surface area contributed by atoms with Crippen LogP contribution in [0.5, 0.6) is 0 Å². The lowest BCUT2D eigenvalue weighted by Gasteiger charge is -2.40. The van der Waals surface area contributed by atoms with E-state index in [0.717, 1.165) is 16.8 Å². The molecule has 0 spiro atoms. The maximum atomic E-state index is 12.6. The molecule has 1 saturated heterocycles. The molecule has 0 bridgehead atoms. The predicted molar refractivity (Wildman–Crippen MR) is 118 cm³/mol. The van der Waals surface area contributed by atoms with Gasteiger partial charge >= 0.3 is 21.3 Å². The first-order valence-corrected chi connectivity index (χ1v) is 13.8. The normalized spacial score (nSPS) is 25.4. The molecule has 1 aliphatic rings. The molecule has 2 rings (SSSR count). The highest BCUT2D eigenvalue weighted by Crippen LogP contribution is 2.61. The van der Waals surface area contributed by atoms with Crippen LogP contribution in [0.25, 0.3) is 0 Å². The van der Waals surface area contributed by atoms with Crippen molar-refractivity contribution in [3.63, 3.8) is 0 Å². The Hall–Kier alpha value is -1.18. The summed E-state index contributed by atoms with van der Waals surface area (Å²) in [5.41, 5.74) is -3.22. The molecule has 0 aromatic carbocycles. The van der Waals surface area contributed by atoms with Crippen LogP contribution in [-0.2, 0) is 27.4 Å². The molecule has 1 aromatic heterocycles. The number of aromatic nitrogens is 2. The van der Waals surface area contributed by atoms with Gasteiger partial charge in [-0.1, -0.05) is 39.5 Å². The van der Waals surface area contributed by atoms with E-state index in [4.69, 9.17) is 23.8 Å². The molecule has 0 saturated carbocycles. The van der Waals surface area contributed by atoms with Crippen molar-refractivity contribution in [3.8, 4) is 0 Å². The molecule has 1 aromatic rings. The minimum absolute atomic E-state index is 0.0595. The van der Waals surface area contributed by atoms with Crippen LogP contribution in [0.4, 0.5) is 0 Å². The number of phosphoric ester groups is 1. The van der Waals surface area contributed by atoms with E-state index in [0.29, 0.717) is 25.7 Å². The Morgan fingerprint density at radius 1 is 1.15 bits per heavy atom. The second-order valence-corrected chi connectivity index (χ2v) is 10.8. The van der Waals surface area contributed by atoms with E-state index in [9.17, 15) is 28.7 Å². The summed E-state index contributed by atoms with van der Waals surface area (Å²) < 4.78 is 45.6. The number of hydrogen-bond donors (Lipinski definition) is 5. The summed E-state index contributed by atoms with van der Waals surface area (Å²) in [6, 6.07) is 1.07. The van der Waals surface area contributed by atoms with Gasteiger partial charge in [0.25, 0.3) is 5.56 Å². The van der Waals surface area contributed by atoms with Crippen molar-refractivity contribution in [1.82, 2.24) is 9.55 Å². The average Bonchev–Trinajstić information content (AvgIpc) is 3.04. The summed E-state index contributed by atoms with van der Waals surface area (Å²) >= 11 is 0. The minimum atomic E-state index is -5.41. The van der Waals surface area contributed by atoms with E-state index in [-0.39, 0.29) is 12.8 Å². The maximum Gasteiger partial charge on any atom is 0.481 e. The number of hydrogen-bond acceptors (Lipinski definition) is 9. The molecular weight excluding hydrogens is 498 g/mol. The third-order valence-corrected chi connectivity index (χ3v) is 7.81. The number of methoxy groups -OCH3 is 1. The van der Waals surface area contributed by atoms with Gasteiger partial charge in [0.2, 0.25) is 0 Å². The fraction of sp³-hybridized carbons (Fsp3) is 0.778. The van der Waals surface area contributed by atoms with Gasteiger partial charge in [0.05, 0.1) is 0 Å². The van der Waals surface area contributed by atoms with Gasteiger partial charge in [-0.3, -0.25) is 18.9 Å². The molecule has 14 nitrogen and oxygen atoms in total. The zero-order chi connectivity index (χ0) is 25.7. The summed E-state index contributed by atoms with van der Waals surface area (Å²) in [6.45, 7) is 3.70. The predicted octanol–water partition coefficient (Wildman–Crippen LogP) is 1.16. The number of aliphatic hydroxyl groups is 1. The van der Waals surface area contributed by atoms with Gasteiger partial charge in [-0.25, -0.2) is 13.9 Å². The highest BCUT2D eigenvalue weighted by Gasteiger charge is 2.57. The maximum absolute atomic E-state index is 12.6. The number of unbranched alkanes of at least 4 members (excludes halogenated alkanes) is 2. The van der Waals surface area contributed by atoms with Gasteiger partial charge in [-0.05, 0) is 12.8 Å². The topological polar surface area (TPSA) is 207 Å². The van der Waals surface area contributed by atoms with Crippen LogP contribution in [-0.4, -0.2) is 60.4 Å². The Kier molecular flexibility index (Phi) is 10.0. The van der Waals surface area contributed by atoms with Crippen LogP contribution < -0.4 is 11.2 Å². The molecule has 16 heteroatoms. The van der Waals surface area contributed by atoms with Crippen LogP contribution in [0.1, 0.15) is 58.6 Å². The highest BCUT2D eigenvalue weighted by molar-refractivity contribution is 7.60. The first kappa shape index (κ1) is 29.1. The monoisotopic (exact) mass is 530 g/mol. The average molecular weight is 530 g/mol. The van der Waals surface area contributed by atoms with Gasteiger partial charge in [0.15, 0.2) is 6.23 Å². The molecule has 1 fully saturated rings. The van der Waals surface area contributed by atoms with E-state index in [1.54, 1.807) is 0 Å². The van der Waals surface area contributed by atoms with E-state index in [1.807, 2.05) is 13.8 Å². The zero-order valence-corrected chi connectivity index (χ0v) is 20.9. The van der Waals surface area contributed by atoms with Crippen molar-refractivity contribution in [1.29, 1.82) is 0 Å². The number of rotatable bonds is 13. The molecule has 0 aliphatic carbocycles. The second-order valence-electron chi connectivity index (χ2n) is 8.06. The number of H-pyrrole nitrogens is 1. The SMILES string of the molecule is CCCCC(CCCC)(OP(=O)(O)OP(=O)(O)O)[C@@H]1O[C@H](n2ccc(=O)[nH]c2=O)C(OC)C1O. The number of nitrogens with zero attached hydrogens (tertiary/aromatic N) is 1. The van der Waals surface area contributed by atoms with Gasteiger partial charge in [0, 0.05) is 19.4 Å². The molecular formula is C18H32N2O12P2. The number of aromatic amines is 1. The Labute approximate surface area is 195 Å². The van der Waals surface area contributed by atoms with Gasteiger partial charge in [-0.15, -0.1) is 0 Å². The fourth-order valence-electron chi connectivity index (χ4n) is 4.08. The van der Waals surface area contributed by atoms with E-state index in [2.05, 4.69) is 9.29 Å². The van der Waals surface area contributed by atoms with Crippen molar-refractivity contribution in [2.75, 3.05) is 7.11 Å². The number of ether oxygens (including phenoxy) is 2. The Morgan fingerprint density at radius 3 is 2.21 bits per heavy atom. The number of nitrogens with one attached hydrogen (secondary N) is 1. The summed E-state index contributed by atoms with van der Waals surface area (Å²) in [4.78, 5) is 54.2. The smallest absolute Gasteiger partial charge is 0.387 e. The second kappa shape index (κ2) is 11.7. The summed E-state index contributed by atoms with van der Waals surface area (Å²) in [6.07, 6.45) is -1.87. The number of aliphatic hydroxyl groups excluding tert-OH is 1. The molecule has 1 aliphatic heterocycles. The molecule has 5 atom stereocenters. The molecule has 5 N–H and O–H groups in total. The van der Waals surface area contributed by atoms with Crippen LogP contribution in [0.3, 0.4) is 0 Å². The van der Waals surface area contributed by atoms with Crippen molar-refractivity contribution >= 4 is 15.6 Å². The fourth-order valence-corrected chi connectivity index (χ4v) is 6.03. The summed E-state index contributed by atoms with van der Waals surface area (Å²) in [7, 11) is -9.49. The van der Waals surface area contributed by atoms with Crippen LogP contribution in [0, 0.1) is 0 Å². The van der Waals surface area contributed by atoms with Crippen molar-refractivity contribution in [3.05, 3.63) is 33.1 Å². The van der Waals surface area contributed by atoms with Crippen molar-refractivity contribution < 1.29 is 47.2 Å². The molecule has 34 heavy (non-hydrogen) atoms. The Morgan fingerprint density at radius 2 is 1.74 bits per heavy atom. The third-order valence-electron chi connectivity index (χ3n) is 5.54. The first-order chi connectivity index (χ1) is 15.8. The van der Waals surface area contributed by atoms with Crippen LogP contribution in [0.15, 0.2) is 21.9 Å². The Bertz CT molecular complexity index is 1010. The van der Waals surface area contributed by atoms with Crippen LogP contribution >= 0.6 is 15.6 Å². The number of phosphoric acid groups is 2. The summed E-state index contributed by atoms with van der Waals surface area (Å²) in [5.74, 6) is 0. The molecule has 196 valence electrons. The van der Waals surface area contributed by atoms with E-state index in [1.165, 1.54) is 7.11 Å². The third kappa shape index (κ3) is 7.17. The Balaban J connectivity index is 2.56. The quantitative estimate of drug-likeness (QED) is 0.228. The highest BCUT2D eigenvalue weighted by atomic mass is 31.3. The van der Waals surface area contributed by atoms with E-state index >= 15 is 0 Å². The molecule has 2 heterocycles. The van der Waals surface area contributed by atoms with Crippen molar-refractivity contribution in [2.24, 2.45) is 0 Å². The molecule has 0 amide bonds. The minimum Gasteiger partial charge on any atom is -0.387 e. The summed E-state index contributed by atoms with van der Waals surface area (Å²) in [5, 5.41) is 11.1. The van der Waals surface area contributed by atoms with E-state index < -0.39 is 57.0 Å². The molecule has 3 unspecified atom stereocenters. The lowest BCUT2D eigenvalue weighted by atomic mass is 9.83. The van der Waals surface area contributed by atoms with Crippen molar-refractivity contribution in [2.45, 2.75) is 82.5 Å². The van der Waals surface area contributed by atoms with Gasteiger partial charge < -0.3 is 29.3 Å². The standard InChI is InChI=1S/C18H32N2O12P2/c1-4-6-9-18(10-7-5-2,31-34(27,28)32-33(24,25)26)15-13(22)14(29-3)16(30-15)20-11-8-12(21)19-17(20)23/h8,11,13-16,22H,4-7,9-10H2,1-3H3,(H,27,28)(H,19,21,23)(H2,24,25,26)/t13?,14?,15-,16+/m1/s1. The van der Waals surface area contributed by atoms with Gasteiger partial charge in [-0.2, -0.15) is 4.31 Å².